The van der Waals surface area contributed by atoms with Crippen molar-refractivity contribution in [2.24, 2.45) is 7.05 Å². The number of halogens is 1. The Balaban J connectivity index is 2.50. The van der Waals surface area contributed by atoms with Gasteiger partial charge in [-0.05, 0) is 31.5 Å². The fraction of sp³-hybridized carbons (Fsp3) is 0.250. The molecule has 1 heterocycles. The van der Waals surface area contributed by atoms with Gasteiger partial charge >= 0.3 is 5.97 Å². The molecular weight excluding hydrogens is 315 g/mol. The number of rotatable bonds is 4. The summed E-state index contributed by atoms with van der Waals surface area (Å²) in [5.41, 5.74) is -0.104. The van der Waals surface area contributed by atoms with Gasteiger partial charge in [0.25, 0.3) is 10.0 Å². The van der Waals surface area contributed by atoms with E-state index in [-0.39, 0.29) is 11.4 Å². The Kier molecular flexibility index (Phi) is 3.88. The number of hydrogen-bond donors (Lipinski definition) is 2. The monoisotopic (exact) mass is 328 g/mol. The average molecular weight is 328 g/mol. The molecule has 0 unspecified atom stereocenters. The van der Waals surface area contributed by atoms with E-state index in [0.717, 1.165) is 12.1 Å². The van der Waals surface area contributed by atoms with Gasteiger partial charge in [-0.15, -0.1) is 5.10 Å². The molecular formula is C12H13FN4O4S. The van der Waals surface area contributed by atoms with Crippen LogP contribution in [0.5, 0.6) is 0 Å². The van der Waals surface area contributed by atoms with E-state index >= 15 is 0 Å². The maximum atomic E-state index is 13.8. The zero-order chi connectivity index (χ0) is 16.7. The lowest BCUT2D eigenvalue weighted by Gasteiger charge is -2.09. The van der Waals surface area contributed by atoms with E-state index in [1.807, 2.05) is 0 Å². The van der Waals surface area contributed by atoms with E-state index in [1.165, 1.54) is 11.6 Å². The molecule has 0 aliphatic rings. The van der Waals surface area contributed by atoms with Crippen LogP contribution in [0, 0.1) is 19.7 Å². The van der Waals surface area contributed by atoms with Crippen LogP contribution < -0.4 is 4.72 Å². The van der Waals surface area contributed by atoms with Crippen LogP contribution in [0.25, 0.3) is 0 Å². The molecule has 0 radical (unpaired) electrons. The van der Waals surface area contributed by atoms with Crippen molar-refractivity contribution in [3.8, 4) is 0 Å². The van der Waals surface area contributed by atoms with Gasteiger partial charge in [-0.3, -0.25) is 9.40 Å². The maximum Gasteiger partial charge on any atom is 0.336 e. The molecule has 0 amide bonds. The number of carbonyl (C=O) groups is 1. The van der Waals surface area contributed by atoms with Gasteiger partial charge in [0.05, 0.1) is 16.2 Å². The van der Waals surface area contributed by atoms with Crippen molar-refractivity contribution in [3.05, 3.63) is 34.8 Å². The van der Waals surface area contributed by atoms with Crippen molar-refractivity contribution in [3.63, 3.8) is 0 Å². The first-order chi connectivity index (χ1) is 10.1. The summed E-state index contributed by atoms with van der Waals surface area (Å²) in [7, 11) is -2.61. The van der Waals surface area contributed by atoms with Crippen LogP contribution in [-0.4, -0.2) is 34.5 Å². The second-order valence-electron chi connectivity index (χ2n) is 4.64. The molecule has 22 heavy (non-hydrogen) atoms. The SMILES string of the molecule is Cc1c(F)cc(S(=O)(=O)Nc2nnn(C)c2C)cc1C(=O)O. The molecule has 0 fully saturated rings. The normalized spacial score (nSPS) is 11.5. The largest absolute Gasteiger partial charge is 0.478 e. The highest BCUT2D eigenvalue weighted by Gasteiger charge is 2.22. The molecule has 2 aromatic rings. The number of hydrogen-bond acceptors (Lipinski definition) is 5. The minimum Gasteiger partial charge on any atom is -0.478 e. The number of carboxylic acid groups (broad SMARTS) is 1. The number of aromatic carboxylic acids is 1. The number of anilines is 1. The zero-order valence-electron chi connectivity index (χ0n) is 12.0. The Morgan fingerprint density at radius 1 is 1.36 bits per heavy atom. The standard InChI is InChI=1S/C12H13FN4O4S/c1-6-9(12(18)19)4-8(5-10(6)13)22(20,21)15-11-7(2)17(3)16-14-11/h4-5,15H,1-3H3,(H,18,19). The first-order valence-electron chi connectivity index (χ1n) is 6.06. The summed E-state index contributed by atoms with van der Waals surface area (Å²) in [5.74, 6) is -2.35. The summed E-state index contributed by atoms with van der Waals surface area (Å²) in [6, 6.07) is 1.66. The zero-order valence-corrected chi connectivity index (χ0v) is 12.8. The highest BCUT2D eigenvalue weighted by atomic mass is 32.2. The van der Waals surface area contributed by atoms with Crippen molar-refractivity contribution < 1.29 is 22.7 Å². The highest BCUT2D eigenvalue weighted by Crippen LogP contribution is 2.22. The van der Waals surface area contributed by atoms with Gasteiger partial charge in [0, 0.05) is 7.05 Å². The number of aryl methyl sites for hydroxylation is 1. The van der Waals surface area contributed by atoms with E-state index < -0.39 is 32.3 Å². The molecule has 118 valence electrons. The Bertz CT molecular complexity index is 860. The third-order valence-corrected chi connectivity index (χ3v) is 4.51. The summed E-state index contributed by atoms with van der Waals surface area (Å²) < 4.78 is 41.8. The van der Waals surface area contributed by atoms with Gasteiger partial charge in [-0.1, -0.05) is 5.21 Å². The lowest BCUT2D eigenvalue weighted by atomic mass is 10.1. The first kappa shape index (κ1) is 15.9. The minimum absolute atomic E-state index is 0.0136. The van der Waals surface area contributed by atoms with Crippen molar-refractivity contribution >= 4 is 21.8 Å². The average Bonchev–Trinajstić information content (AvgIpc) is 2.72. The Morgan fingerprint density at radius 3 is 2.50 bits per heavy atom. The van der Waals surface area contributed by atoms with Gasteiger partial charge in [-0.2, -0.15) is 0 Å². The van der Waals surface area contributed by atoms with Crippen LogP contribution in [0.1, 0.15) is 21.6 Å². The Hall–Kier alpha value is -2.49. The Morgan fingerprint density at radius 2 is 2.00 bits per heavy atom. The van der Waals surface area contributed by atoms with Gasteiger partial charge in [0.2, 0.25) is 0 Å². The number of aromatic nitrogens is 3. The summed E-state index contributed by atoms with van der Waals surface area (Å²) in [5, 5.41) is 16.3. The predicted molar refractivity (Wildman–Crippen MR) is 74.6 cm³/mol. The molecule has 0 bridgehead atoms. The molecule has 0 aliphatic carbocycles. The summed E-state index contributed by atoms with van der Waals surface area (Å²) >= 11 is 0. The molecule has 0 atom stereocenters. The van der Waals surface area contributed by atoms with Crippen LogP contribution in [0.15, 0.2) is 17.0 Å². The van der Waals surface area contributed by atoms with E-state index in [9.17, 15) is 17.6 Å². The Labute approximate surface area is 125 Å². The molecule has 8 nitrogen and oxygen atoms in total. The van der Waals surface area contributed by atoms with E-state index in [2.05, 4.69) is 15.0 Å². The third kappa shape index (κ3) is 2.77. The topological polar surface area (TPSA) is 114 Å². The molecule has 0 spiro atoms. The molecule has 2 rings (SSSR count). The third-order valence-electron chi connectivity index (χ3n) is 3.20. The molecule has 10 heteroatoms. The number of nitrogens with zero attached hydrogens (tertiary/aromatic N) is 3. The molecule has 2 N–H and O–H groups in total. The predicted octanol–water partition coefficient (Wildman–Crippen LogP) is 1.07. The van der Waals surface area contributed by atoms with Crippen LogP contribution in [0.4, 0.5) is 10.2 Å². The van der Waals surface area contributed by atoms with Crippen molar-refractivity contribution in [2.45, 2.75) is 18.7 Å². The quantitative estimate of drug-likeness (QED) is 0.867. The van der Waals surface area contributed by atoms with Crippen LogP contribution in [0.2, 0.25) is 0 Å². The van der Waals surface area contributed by atoms with Crippen LogP contribution in [-0.2, 0) is 17.1 Å². The summed E-state index contributed by atoms with van der Waals surface area (Å²) in [6.45, 7) is 2.85. The number of sulfonamides is 1. The first-order valence-corrected chi connectivity index (χ1v) is 7.54. The lowest BCUT2D eigenvalue weighted by Crippen LogP contribution is -2.16. The molecule has 0 aliphatic heterocycles. The molecule has 1 aromatic carbocycles. The number of nitrogens with one attached hydrogen (secondary N) is 1. The summed E-state index contributed by atoms with van der Waals surface area (Å²) in [6.07, 6.45) is 0. The smallest absolute Gasteiger partial charge is 0.336 e. The van der Waals surface area contributed by atoms with Gasteiger partial charge in [0.15, 0.2) is 5.82 Å². The minimum atomic E-state index is -4.19. The second-order valence-corrected chi connectivity index (χ2v) is 6.32. The van der Waals surface area contributed by atoms with Gasteiger partial charge in [0.1, 0.15) is 5.82 Å². The number of benzene rings is 1. The summed E-state index contributed by atoms with van der Waals surface area (Å²) in [4.78, 5) is 10.6. The van der Waals surface area contributed by atoms with Crippen molar-refractivity contribution in [2.75, 3.05) is 4.72 Å². The fourth-order valence-corrected chi connectivity index (χ4v) is 2.81. The highest BCUT2D eigenvalue weighted by molar-refractivity contribution is 7.92. The van der Waals surface area contributed by atoms with E-state index in [4.69, 9.17) is 5.11 Å². The van der Waals surface area contributed by atoms with Crippen LogP contribution >= 0.6 is 0 Å². The van der Waals surface area contributed by atoms with Gasteiger partial charge < -0.3 is 5.11 Å². The van der Waals surface area contributed by atoms with Gasteiger partial charge in [-0.25, -0.2) is 17.6 Å². The molecule has 1 aromatic heterocycles. The lowest BCUT2D eigenvalue weighted by molar-refractivity contribution is 0.0695. The van der Waals surface area contributed by atoms with Crippen molar-refractivity contribution in [1.82, 2.24) is 15.0 Å². The second kappa shape index (κ2) is 5.37. The van der Waals surface area contributed by atoms with Crippen molar-refractivity contribution in [1.29, 1.82) is 0 Å². The van der Waals surface area contributed by atoms with E-state index in [1.54, 1.807) is 14.0 Å². The fourth-order valence-electron chi connectivity index (χ4n) is 1.72. The maximum absolute atomic E-state index is 13.8. The number of carboxylic acids is 1. The van der Waals surface area contributed by atoms with E-state index in [0.29, 0.717) is 5.69 Å². The molecule has 0 saturated heterocycles. The van der Waals surface area contributed by atoms with Crippen LogP contribution in [0.3, 0.4) is 0 Å². The molecule has 0 saturated carbocycles.